The van der Waals surface area contributed by atoms with Crippen LogP contribution in [0, 0.1) is 5.41 Å². The topological polar surface area (TPSA) is 67.7 Å². The molecule has 0 unspecified atom stereocenters. The summed E-state index contributed by atoms with van der Waals surface area (Å²) in [5.41, 5.74) is 7.43. The van der Waals surface area contributed by atoms with E-state index in [1.54, 1.807) is 0 Å². The summed E-state index contributed by atoms with van der Waals surface area (Å²) in [5, 5.41) is 7.53. The zero-order valence-electron chi connectivity index (χ0n) is 9.38. The predicted molar refractivity (Wildman–Crippen MR) is 60.3 cm³/mol. The van der Waals surface area contributed by atoms with Crippen molar-refractivity contribution in [2.75, 3.05) is 0 Å². The van der Waals surface area contributed by atoms with Gasteiger partial charge in [0, 0.05) is 18.2 Å². The second-order valence-corrected chi connectivity index (χ2v) is 4.44. The third-order valence-corrected chi connectivity index (χ3v) is 2.92. The molecule has 0 aromatic carbocycles. The van der Waals surface area contributed by atoms with Crippen molar-refractivity contribution < 1.29 is 0 Å². The Balaban J connectivity index is 2.54. The summed E-state index contributed by atoms with van der Waals surface area (Å²) in [4.78, 5) is 4.50. The third-order valence-electron chi connectivity index (χ3n) is 2.92. The molecule has 0 amide bonds. The van der Waals surface area contributed by atoms with Gasteiger partial charge in [0.15, 0.2) is 0 Å². The Morgan fingerprint density at radius 1 is 1.47 bits per heavy atom. The van der Waals surface area contributed by atoms with Crippen molar-refractivity contribution in [3.8, 4) is 0 Å². The van der Waals surface area contributed by atoms with Gasteiger partial charge in [0.25, 0.3) is 0 Å². The summed E-state index contributed by atoms with van der Waals surface area (Å²) in [6.07, 6.45) is 3.40. The molecule has 0 saturated carbocycles. The van der Waals surface area contributed by atoms with Crippen molar-refractivity contribution >= 4 is 5.84 Å². The van der Waals surface area contributed by atoms with Crippen molar-refractivity contribution in [3.63, 3.8) is 0 Å². The number of imidazole rings is 1. The number of hydrogen-bond acceptors (Lipinski definition) is 2. The first kappa shape index (κ1) is 10.2. The average molecular weight is 206 g/mol. The highest BCUT2D eigenvalue weighted by Gasteiger charge is 2.22. The third kappa shape index (κ3) is 1.64. The van der Waals surface area contributed by atoms with E-state index in [1.807, 2.05) is 0 Å². The Morgan fingerprint density at radius 2 is 2.20 bits per heavy atom. The minimum absolute atomic E-state index is 0.104. The van der Waals surface area contributed by atoms with E-state index in [9.17, 15) is 0 Å². The van der Waals surface area contributed by atoms with Gasteiger partial charge in [-0.1, -0.05) is 13.8 Å². The van der Waals surface area contributed by atoms with E-state index in [1.165, 1.54) is 12.8 Å². The molecule has 4 nitrogen and oxygen atoms in total. The van der Waals surface area contributed by atoms with Gasteiger partial charge in [-0.05, 0) is 19.3 Å². The lowest BCUT2D eigenvalue weighted by Crippen LogP contribution is -2.18. The highest BCUT2D eigenvalue weighted by atomic mass is 15.1. The molecule has 0 atom stereocenters. The smallest absolute Gasteiger partial charge is 0.143 e. The largest absolute Gasteiger partial charge is 0.382 e. The normalized spacial score (nSPS) is 15.4. The molecule has 1 aromatic heterocycles. The highest BCUT2D eigenvalue weighted by molar-refractivity contribution is 5.94. The predicted octanol–water partition coefficient (Wildman–Crippen LogP) is 1.63. The van der Waals surface area contributed by atoms with E-state index in [2.05, 4.69) is 23.4 Å². The summed E-state index contributed by atoms with van der Waals surface area (Å²) >= 11 is 0. The van der Waals surface area contributed by atoms with Crippen molar-refractivity contribution in [3.05, 3.63) is 17.2 Å². The first-order valence-corrected chi connectivity index (χ1v) is 5.55. The number of nitrogens with one attached hydrogen (secondary N) is 1. The van der Waals surface area contributed by atoms with E-state index in [0.717, 1.165) is 24.5 Å². The second kappa shape index (κ2) is 3.68. The Kier molecular flexibility index (Phi) is 2.50. The van der Waals surface area contributed by atoms with Gasteiger partial charge < -0.3 is 10.3 Å². The average Bonchev–Trinajstić information content (AvgIpc) is 2.56. The highest BCUT2D eigenvalue weighted by Crippen LogP contribution is 2.24. The van der Waals surface area contributed by atoms with Crippen molar-refractivity contribution in [1.82, 2.24) is 9.55 Å². The van der Waals surface area contributed by atoms with Crippen molar-refractivity contribution in [2.45, 2.75) is 45.6 Å². The lowest BCUT2D eigenvalue weighted by molar-refractivity contribution is 0.504. The van der Waals surface area contributed by atoms with Crippen LogP contribution in [-0.2, 0) is 13.0 Å². The van der Waals surface area contributed by atoms with Gasteiger partial charge in [-0.2, -0.15) is 0 Å². The summed E-state index contributed by atoms with van der Waals surface area (Å²) in [7, 11) is 0. The summed E-state index contributed by atoms with van der Waals surface area (Å²) < 4.78 is 2.25. The van der Waals surface area contributed by atoms with E-state index >= 15 is 0 Å². The van der Waals surface area contributed by atoms with E-state index in [-0.39, 0.29) is 5.84 Å². The number of aromatic nitrogens is 2. The van der Waals surface area contributed by atoms with Gasteiger partial charge in [-0.15, -0.1) is 0 Å². The number of nitrogen functional groups attached to an aromatic ring is 1. The van der Waals surface area contributed by atoms with Gasteiger partial charge in [-0.3, -0.25) is 5.41 Å². The standard InChI is InChI=1S/C11H18N4/c1-7(2)11-14-9(10(12)13)8-5-3-4-6-15(8)11/h7H,3-6H2,1-2H3,(H3,12,13). The van der Waals surface area contributed by atoms with Crippen LogP contribution >= 0.6 is 0 Å². The van der Waals surface area contributed by atoms with Crippen LogP contribution < -0.4 is 5.73 Å². The minimum Gasteiger partial charge on any atom is -0.382 e. The number of nitrogens with zero attached hydrogens (tertiary/aromatic N) is 2. The summed E-state index contributed by atoms with van der Waals surface area (Å²) in [6.45, 7) is 5.30. The Bertz CT molecular complexity index is 390. The van der Waals surface area contributed by atoms with Crippen molar-refractivity contribution in [2.24, 2.45) is 5.73 Å². The van der Waals surface area contributed by atoms with Gasteiger partial charge in [-0.25, -0.2) is 4.98 Å². The minimum atomic E-state index is 0.104. The molecule has 4 heteroatoms. The molecule has 1 aromatic rings. The summed E-state index contributed by atoms with van der Waals surface area (Å²) in [6, 6.07) is 0. The molecule has 2 rings (SSSR count). The molecule has 3 N–H and O–H groups in total. The molecule has 0 fully saturated rings. The molecule has 0 spiro atoms. The lowest BCUT2D eigenvalue weighted by atomic mass is 10.1. The Labute approximate surface area is 90.0 Å². The van der Waals surface area contributed by atoms with Gasteiger partial charge >= 0.3 is 0 Å². The van der Waals surface area contributed by atoms with Crippen molar-refractivity contribution in [1.29, 1.82) is 5.41 Å². The molecular weight excluding hydrogens is 188 g/mol. The Morgan fingerprint density at radius 3 is 2.80 bits per heavy atom. The SMILES string of the molecule is CC(C)c1nc(C(=N)N)c2n1CCCC2. The van der Waals surface area contributed by atoms with Crippen LogP contribution in [0.5, 0.6) is 0 Å². The lowest BCUT2D eigenvalue weighted by Gasteiger charge is -2.18. The first-order chi connectivity index (χ1) is 7.11. The van der Waals surface area contributed by atoms with Crippen LogP contribution in [0.25, 0.3) is 0 Å². The molecular formula is C11H18N4. The molecule has 1 aliphatic rings. The maximum atomic E-state index is 7.53. The van der Waals surface area contributed by atoms with E-state index in [4.69, 9.17) is 11.1 Å². The number of nitrogens with two attached hydrogens (primary N) is 1. The fraction of sp³-hybridized carbons (Fsp3) is 0.636. The number of hydrogen-bond donors (Lipinski definition) is 2. The zero-order valence-corrected chi connectivity index (χ0v) is 9.38. The van der Waals surface area contributed by atoms with Crippen LogP contribution in [0.15, 0.2) is 0 Å². The zero-order chi connectivity index (χ0) is 11.0. The molecule has 2 heterocycles. The first-order valence-electron chi connectivity index (χ1n) is 5.55. The van der Waals surface area contributed by atoms with Gasteiger partial charge in [0.1, 0.15) is 17.4 Å². The van der Waals surface area contributed by atoms with Gasteiger partial charge in [0.2, 0.25) is 0 Å². The van der Waals surface area contributed by atoms with Crippen LogP contribution in [-0.4, -0.2) is 15.4 Å². The monoisotopic (exact) mass is 206 g/mol. The molecule has 0 aliphatic carbocycles. The number of amidine groups is 1. The van der Waals surface area contributed by atoms with Crippen LogP contribution in [0.4, 0.5) is 0 Å². The van der Waals surface area contributed by atoms with E-state index in [0.29, 0.717) is 11.6 Å². The molecule has 0 saturated heterocycles. The molecule has 0 radical (unpaired) electrons. The molecule has 82 valence electrons. The summed E-state index contributed by atoms with van der Waals surface area (Å²) in [5.74, 6) is 1.58. The number of fused-ring (bicyclic) bond motifs is 1. The van der Waals surface area contributed by atoms with Gasteiger partial charge in [0.05, 0.1) is 0 Å². The quantitative estimate of drug-likeness (QED) is 0.570. The fourth-order valence-electron chi connectivity index (χ4n) is 2.23. The second-order valence-electron chi connectivity index (χ2n) is 4.44. The Hall–Kier alpha value is -1.32. The maximum absolute atomic E-state index is 7.53. The fourth-order valence-corrected chi connectivity index (χ4v) is 2.23. The number of rotatable bonds is 2. The van der Waals surface area contributed by atoms with E-state index < -0.39 is 0 Å². The van der Waals surface area contributed by atoms with Crippen LogP contribution in [0.2, 0.25) is 0 Å². The van der Waals surface area contributed by atoms with Crippen LogP contribution in [0.3, 0.4) is 0 Å². The maximum Gasteiger partial charge on any atom is 0.143 e. The molecule has 0 bridgehead atoms. The molecule has 1 aliphatic heterocycles. The van der Waals surface area contributed by atoms with Crippen LogP contribution in [0.1, 0.15) is 49.8 Å². The molecule has 15 heavy (non-hydrogen) atoms.